The Kier molecular flexibility index (Phi) is 16.5. The second kappa shape index (κ2) is 16.6. The van der Waals surface area contributed by atoms with Crippen molar-refractivity contribution in [3.63, 3.8) is 0 Å². The molecule has 0 amide bonds. The quantitative estimate of drug-likeness (QED) is 0.243. The number of aromatic nitrogens is 2. The third-order valence-electron chi connectivity index (χ3n) is 6.98. The maximum absolute atomic E-state index is 8.12. The molecular formula is C28H45BrN2O6Si2. The van der Waals surface area contributed by atoms with Crippen molar-refractivity contribution < 1.29 is 28.0 Å². The molecule has 0 aliphatic heterocycles. The first-order valence-electron chi connectivity index (χ1n) is 12.4. The van der Waals surface area contributed by atoms with Gasteiger partial charge in [-0.2, -0.15) is 19.2 Å². The van der Waals surface area contributed by atoms with Crippen LogP contribution in [0.2, 0.25) is 36.3 Å². The molecule has 0 bridgehead atoms. The summed E-state index contributed by atoms with van der Waals surface area (Å²) in [6.45, 7) is 28.6. The highest BCUT2D eigenvalue weighted by Gasteiger charge is 2.39. The minimum Gasteiger partial charge on any atom is -0.542 e. The van der Waals surface area contributed by atoms with Crippen LogP contribution in [0.25, 0.3) is 0 Å². The Balaban J connectivity index is 0. The van der Waals surface area contributed by atoms with Gasteiger partial charge >= 0.3 is 12.3 Å². The van der Waals surface area contributed by atoms with Gasteiger partial charge in [0.1, 0.15) is 11.5 Å². The van der Waals surface area contributed by atoms with E-state index in [9.17, 15) is 0 Å². The third-order valence-corrected chi connectivity index (χ3v) is 16.3. The van der Waals surface area contributed by atoms with Gasteiger partial charge in [0.05, 0.1) is 12.4 Å². The topological polar surface area (TPSA) is 113 Å². The molecule has 2 rings (SSSR count). The van der Waals surface area contributed by atoms with Gasteiger partial charge in [-0.25, -0.2) is 0 Å². The van der Waals surface area contributed by atoms with Gasteiger partial charge in [0, 0.05) is 16.7 Å². The van der Waals surface area contributed by atoms with Gasteiger partial charge in [-0.1, -0.05) is 57.5 Å². The fourth-order valence-electron chi connectivity index (χ4n) is 2.32. The van der Waals surface area contributed by atoms with Gasteiger partial charge in [-0.15, -0.1) is 0 Å². The number of carbonyl (C=O) groups excluding carboxylic acids is 4. The fourth-order valence-corrected chi connectivity index (χ4v) is 4.90. The number of rotatable bonds is 5. The van der Waals surface area contributed by atoms with Crippen molar-refractivity contribution >= 4 is 44.9 Å². The minimum absolute atomic E-state index is 0.215. The summed E-state index contributed by atoms with van der Waals surface area (Å²) in [6, 6.07) is 4.18. The maximum atomic E-state index is 8.12. The van der Waals surface area contributed by atoms with E-state index in [0.717, 1.165) is 28.2 Å². The van der Waals surface area contributed by atoms with E-state index in [-0.39, 0.29) is 22.4 Å². The Hall–Kier alpha value is -2.43. The lowest BCUT2D eigenvalue weighted by molar-refractivity contribution is -0.193. The number of halogens is 1. The van der Waals surface area contributed by atoms with Crippen LogP contribution in [-0.2, 0) is 24.5 Å². The summed E-state index contributed by atoms with van der Waals surface area (Å²) >= 11 is 3.48. The molecule has 2 aromatic rings. The van der Waals surface area contributed by atoms with E-state index >= 15 is 0 Å². The number of hydrogen-bond donors (Lipinski definition) is 0. The Morgan fingerprint density at radius 3 is 1.36 bits per heavy atom. The van der Waals surface area contributed by atoms with Crippen LogP contribution in [0.4, 0.5) is 0 Å². The Bertz CT molecular complexity index is 1100. The first-order chi connectivity index (χ1) is 17.6. The molecule has 0 aliphatic carbocycles. The van der Waals surface area contributed by atoms with Gasteiger partial charge in [0.25, 0.3) is 16.6 Å². The molecule has 0 fully saturated rings. The van der Waals surface area contributed by atoms with Crippen LogP contribution < -0.4 is 8.85 Å². The third kappa shape index (κ3) is 14.0. The monoisotopic (exact) mass is 640 g/mol. The van der Waals surface area contributed by atoms with Crippen molar-refractivity contribution in [1.29, 1.82) is 0 Å². The molecule has 8 nitrogen and oxygen atoms in total. The predicted molar refractivity (Wildman–Crippen MR) is 161 cm³/mol. The molecule has 0 N–H and O–H groups in total. The fraction of sp³-hybridized carbons (Fsp3) is 0.571. The molecule has 0 saturated carbocycles. The van der Waals surface area contributed by atoms with Crippen LogP contribution in [0, 0.1) is 20.8 Å². The Morgan fingerprint density at radius 1 is 0.718 bits per heavy atom. The van der Waals surface area contributed by atoms with E-state index in [2.05, 4.69) is 113 Å². The summed E-state index contributed by atoms with van der Waals surface area (Å²) in [5.41, 5.74) is 4.52. The van der Waals surface area contributed by atoms with Crippen molar-refractivity contribution in [3.8, 4) is 11.5 Å². The van der Waals surface area contributed by atoms with Crippen molar-refractivity contribution in [2.75, 3.05) is 0 Å². The number of aryl methyl sites for hydroxylation is 3. The van der Waals surface area contributed by atoms with Gasteiger partial charge in [-0.05, 0) is 80.3 Å². The van der Waals surface area contributed by atoms with Crippen molar-refractivity contribution in [3.05, 3.63) is 47.0 Å². The molecule has 39 heavy (non-hydrogen) atoms. The lowest BCUT2D eigenvalue weighted by atomic mass is 10.2. The highest BCUT2D eigenvalue weighted by Crippen LogP contribution is 2.38. The zero-order valence-electron chi connectivity index (χ0n) is 25.7. The molecule has 218 valence electrons. The molecule has 0 spiro atoms. The first-order valence-corrected chi connectivity index (χ1v) is 19.4. The molecule has 0 atom stereocenters. The van der Waals surface area contributed by atoms with Crippen LogP contribution in [0.5, 0.6) is 11.5 Å². The Labute approximate surface area is 244 Å². The zero-order valence-corrected chi connectivity index (χ0v) is 29.3. The summed E-state index contributed by atoms with van der Waals surface area (Å²) in [7, 11) is -3.48. The summed E-state index contributed by atoms with van der Waals surface area (Å²) in [5.74, 6) is 1.81. The van der Waals surface area contributed by atoms with Crippen LogP contribution in [0.15, 0.2) is 24.5 Å². The highest BCUT2D eigenvalue weighted by molar-refractivity contribution is 9.08. The van der Waals surface area contributed by atoms with Crippen LogP contribution in [0.3, 0.4) is 0 Å². The van der Waals surface area contributed by atoms with Crippen LogP contribution in [0.1, 0.15) is 64.1 Å². The predicted octanol–water partition coefficient (Wildman–Crippen LogP) is 7.58. The second-order valence-corrected chi connectivity index (χ2v) is 22.0. The number of alkyl halides is 1. The first kappa shape index (κ1) is 38.7. The standard InChI is InChI=1S/C13H22BrNOSi.C13H23NOSi.2CO2/c1-10-11(8-14)7-12(9-15-10)16-17(5,6)13(2,3)4;1-10-8-12(9-14-11(10)2)15-16(6,7)13(3,4)5;2*2-1-3/h7,9H,8H2,1-6H3;8-9H,1-7H3;;. The molecule has 0 radical (unpaired) electrons. The lowest BCUT2D eigenvalue weighted by Crippen LogP contribution is -2.43. The normalized spacial score (nSPS) is 11.1. The average molecular weight is 642 g/mol. The van der Waals surface area contributed by atoms with Crippen molar-refractivity contribution in [2.45, 2.75) is 104 Å². The van der Waals surface area contributed by atoms with Gasteiger partial charge < -0.3 is 8.85 Å². The van der Waals surface area contributed by atoms with E-state index in [1.807, 2.05) is 26.2 Å². The zero-order chi connectivity index (χ0) is 31.2. The summed E-state index contributed by atoms with van der Waals surface area (Å²) < 4.78 is 12.4. The maximum Gasteiger partial charge on any atom is 0.373 e. The number of pyridine rings is 2. The molecule has 2 heterocycles. The number of nitrogens with zero attached hydrogens (tertiary/aromatic N) is 2. The molecule has 0 aliphatic rings. The summed E-state index contributed by atoms with van der Waals surface area (Å²) in [6.07, 6.45) is 4.17. The van der Waals surface area contributed by atoms with Crippen molar-refractivity contribution in [2.24, 2.45) is 0 Å². The highest BCUT2D eigenvalue weighted by atomic mass is 79.9. The van der Waals surface area contributed by atoms with Crippen LogP contribution >= 0.6 is 15.9 Å². The molecule has 0 saturated heterocycles. The minimum atomic E-state index is -1.75. The van der Waals surface area contributed by atoms with E-state index in [0.29, 0.717) is 0 Å². The largest absolute Gasteiger partial charge is 0.542 e. The molecular weight excluding hydrogens is 596 g/mol. The van der Waals surface area contributed by atoms with E-state index in [4.69, 9.17) is 28.0 Å². The smallest absolute Gasteiger partial charge is 0.373 e. The molecule has 11 heteroatoms. The molecule has 0 aromatic carbocycles. The number of hydrogen-bond acceptors (Lipinski definition) is 8. The summed E-state index contributed by atoms with van der Waals surface area (Å²) in [4.78, 5) is 41.2. The van der Waals surface area contributed by atoms with E-state index < -0.39 is 16.6 Å². The van der Waals surface area contributed by atoms with E-state index in [1.54, 1.807) is 0 Å². The molecule has 2 aromatic heterocycles. The Morgan fingerprint density at radius 2 is 1.05 bits per heavy atom. The van der Waals surface area contributed by atoms with Crippen LogP contribution in [-0.4, -0.2) is 38.9 Å². The second-order valence-electron chi connectivity index (χ2n) is 12.0. The van der Waals surface area contributed by atoms with E-state index in [1.165, 1.54) is 11.1 Å². The SMILES string of the molecule is Cc1cc(O[Si](C)(C)C(C)(C)C)cnc1C.Cc1ncc(O[Si](C)(C)C(C)(C)C)cc1CBr.O=C=O.O=C=O. The summed E-state index contributed by atoms with van der Waals surface area (Å²) in [5, 5.41) is 1.26. The van der Waals surface area contributed by atoms with Crippen molar-refractivity contribution in [1.82, 2.24) is 9.97 Å². The average Bonchev–Trinajstić information content (AvgIpc) is 2.77. The lowest BCUT2D eigenvalue weighted by Gasteiger charge is -2.36. The molecule has 0 unspecified atom stereocenters. The van der Waals surface area contributed by atoms with Gasteiger partial charge in [0.15, 0.2) is 0 Å². The van der Waals surface area contributed by atoms with Gasteiger partial charge in [0.2, 0.25) is 0 Å². The van der Waals surface area contributed by atoms with Gasteiger partial charge in [-0.3, -0.25) is 9.97 Å².